The maximum atomic E-state index is 12.1. The molecule has 2 rings (SSSR count). The van der Waals surface area contributed by atoms with E-state index in [1.807, 2.05) is 0 Å². The molecule has 2 atom stereocenters. The van der Waals surface area contributed by atoms with Gasteiger partial charge in [-0.15, -0.1) is 0 Å². The molecule has 1 amide bonds. The molecule has 0 spiro atoms. The molecule has 23 heavy (non-hydrogen) atoms. The SMILES string of the molecule is CC1CN(C(=O)COc2cccc([N+](=O)[O-])c2)CCC1C(=O)O. The quantitative estimate of drug-likeness (QED) is 0.650. The summed E-state index contributed by atoms with van der Waals surface area (Å²) in [5.41, 5.74) is -0.106. The van der Waals surface area contributed by atoms with Crippen LogP contribution in [0, 0.1) is 22.0 Å². The Kier molecular flexibility index (Phi) is 5.15. The zero-order valence-electron chi connectivity index (χ0n) is 12.7. The number of likely N-dealkylation sites (tertiary alicyclic amines) is 1. The van der Waals surface area contributed by atoms with Crippen LogP contribution < -0.4 is 4.74 Å². The third kappa shape index (κ3) is 4.18. The monoisotopic (exact) mass is 322 g/mol. The van der Waals surface area contributed by atoms with Crippen LogP contribution in [0.15, 0.2) is 24.3 Å². The van der Waals surface area contributed by atoms with Crippen molar-refractivity contribution in [3.8, 4) is 5.75 Å². The highest BCUT2D eigenvalue weighted by atomic mass is 16.6. The Morgan fingerprint density at radius 1 is 1.48 bits per heavy atom. The third-order valence-electron chi connectivity index (χ3n) is 3.97. The van der Waals surface area contributed by atoms with E-state index in [0.717, 1.165) is 0 Å². The lowest BCUT2D eigenvalue weighted by molar-refractivity contribution is -0.384. The summed E-state index contributed by atoms with van der Waals surface area (Å²) in [6, 6.07) is 5.62. The fourth-order valence-electron chi connectivity index (χ4n) is 2.66. The van der Waals surface area contributed by atoms with E-state index in [0.29, 0.717) is 19.5 Å². The summed E-state index contributed by atoms with van der Waals surface area (Å²) in [4.78, 5) is 34.9. The van der Waals surface area contributed by atoms with Gasteiger partial charge in [0.25, 0.3) is 11.6 Å². The Balaban J connectivity index is 1.89. The van der Waals surface area contributed by atoms with Crippen LogP contribution in [0.5, 0.6) is 5.75 Å². The highest BCUT2D eigenvalue weighted by Gasteiger charge is 2.33. The molecular weight excluding hydrogens is 304 g/mol. The van der Waals surface area contributed by atoms with Crippen molar-refractivity contribution in [1.82, 2.24) is 4.90 Å². The minimum Gasteiger partial charge on any atom is -0.484 e. The van der Waals surface area contributed by atoms with Crippen LogP contribution in [0.25, 0.3) is 0 Å². The van der Waals surface area contributed by atoms with Gasteiger partial charge in [-0.25, -0.2) is 0 Å². The summed E-state index contributed by atoms with van der Waals surface area (Å²) in [5, 5.41) is 19.8. The van der Waals surface area contributed by atoms with Crippen molar-refractivity contribution < 1.29 is 24.4 Å². The molecule has 1 aromatic carbocycles. The van der Waals surface area contributed by atoms with Crippen molar-refractivity contribution >= 4 is 17.6 Å². The molecule has 124 valence electrons. The Hall–Kier alpha value is -2.64. The van der Waals surface area contributed by atoms with Crippen LogP contribution in [-0.2, 0) is 9.59 Å². The number of rotatable bonds is 5. The van der Waals surface area contributed by atoms with Gasteiger partial charge in [-0.3, -0.25) is 19.7 Å². The smallest absolute Gasteiger partial charge is 0.306 e. The molecule has 0 aromatic heterocycles. The minimum absolute atomic E-state index is 0.106. The van der Waals surface area contributed by atoms with Gasteiger partial charge >= 0.3 is 5.97 Å². The van der Waals surface area contributed by atoms with E-state index in [1.54, 1.807) is 17.9 Å². The van der Waals surface area contributed by atoms with Gasteiger partial charge in [0.1, 0.15) is 5.75 Å². The number of carboxylic acid groups (broad SMARTS) is 1. The molecule has 1 N–H and O–H groups in total. The van der Waals surface area contributed by atoms with Gasteiger partial charge in [0, 0.05) is 19.2 Å². The van der Waals surface area contributed by atoms with Gasteiger partial charge in [0.15, 0.2) is 6.61 Å². The first-order valence-corrected chi connectivity index (χ1v) is 7.26. The number of nitro groups is 1. The number of hydrogen-bond acceptors (Lipinski definition) is 5. The van der Waals surface area contributed by atoms with Crippen molar-refractivity contribution in [2.75, 3.05) is 19.7 Å². The maximum Gasteiger partial charge on any atom is 0.306 e. The average Bonchev–Trinajstić information content (AvgIpc) is 2.52. The lowest BCUT2D eigenvalue weighted by Gasteiger charge is -2.34. The first kappa shape index (κ1) is 16.7. The number of benzene rings is 1. The van der Waals surface area contributed by atoms with Gasteiger partial charge in [-0.2, -0.15) is 0 Å². The largest absolute Gasteiger partial charge is 0.484 e. The van der Waals surface area contributed by atoms with Crippen LogP contribution in [0.2, 0.25) is 0 Å². The predicted molar refractivity (Wildman–Crippen MR) is 80.1 cm³/mol. The molecule has 1 aliphatic heterocycles. The summed E-state index contributed by atoms with van der Waals surface area (Å²) in [5.74, 6) is -1.40. The Morgan fingerprint density at radius 2 is 2.22 bits per heavy atom. The minimum atomic E-state index is -0.836. The Morgan fingerprint density at radius 3 is 2.83 bits per heavy atom. The number of carboxylic acids is 1. The fourth-order valence-corrected chi connectivity index (χ4v) is 2.66. The number of non-ortho nitro benzene ring substituents is 1. The van der Waals surface area contributed by atoms with Crippen molar-refractivity contribution in [1.29, 1.82) is 0 Å². The van der Waals surface area contributed by atoms with Gasteiger partial charge in [0.2, 0.25) is 0 Å². The van der Waals surface area contributed by atoms with E-state index in [2.05, 4.69) is 0 Å². The summed E-state index contributed by atoms with van der Waals surface area (Å²) in [7, 11) is 0. The number of amides is 1. The molecule has 0 saturated carbocycles. The maximum absolute atomic E-state index is 12.1. The molecule has 2 unspecified atom stereocenters. The first-order valence-electron chi connectivity index (χ1n) is 7.26. The second kappa shape index (κ2) is 7.08. The predicted octanol–water partition coefficient (Wildman–Crippen LogP) is 1.54. The standard InChI is InChI=1S/C15H18N2O6/c1-10-8-16(6-5-13(10)15(19)20)14(18)9-23-12-4-2-3-11(7-12)17(21)22/h2-4,7,10,13H,5-6,8-9H2,1H3,(H,19,20). The van der Waals surface area contributed by atoms with E-state index >= 15 is 0 Å². The van der Waals surface area contributed by atoms with Gasteiger partial charge in [0.05, 0.1) is 16.9 Å². The van der Waals surface area contributed by atoms with E-state index in [1.165, 1.54) is 18.2 Å². The van der Waals surface area contributed by atoms with Crippen molar-refractivity contribution in [3.05, 3.63) is 34.4 Å². The molecule has 1 fully saturated rings. The lowest BCUT2D eigenvalue weighted by Crippen LogP contribution is -2.46. The number of carbonyl (C=O) groups excluding carboxylic acids is 1. The second-order valence-electron chi connectivity index (χ2n) is 5.59. The van der Waals surface area contributed by atoms with E-state index in [4.69, 9.17) is 9.84 Å². The highest BCUT2D eigenvalue weighted by Crippen LogP contribution is 2.24. The van der Waals surface area contributed by atoms with Crippen molar-refractivity contribution in [2.24, 2.45) is 11.8 Å². The summed E-state index contributed by atoms with van der Waals surface area (Å²) >= 11 is 0. The van der Waals surface area contributed by atoms with Gasteiger partial charge < -0.3 is 14.7 Å². The Labute approximate surface area is 132 Å². The van der Waals surface area contributed by atoms with E-state index in [9.17, 15) is 19.7 Å². The molecule has 8 nitrogen and oxygen atoms in total. The number of piperidine rings is 1. The van der Waals surface area contributed by atoms with E-state index < -0.39 is 16.8 Å². The number of aliphatic carboxylic acids is 1. The normalized spacial score (nSPS) is 20.8. The summed E-state index contributed by atoms with van der Waals surface area (Å²) in [6.07, 6.45) is 0.416. The van der Waals surface area contributed by atoms with Crippen LogP contribution in [0.1, 0.15) is 13.3 Å². The van der Waals surface area contributed by atoms with Crippen LogP contribution in [-0.4, -0.2) is 46.5 Å². The molecular formula is C15H18N2O6. The van der Waals surface area contributed by atoms with Gasteiger partial charge in [-0.1, -0.05) is 13.0 Å². The number of ether oxygens (including phenoxy) is 1. The molecule has 1 aliphatic rings. The van der Waals surface area contributed by atoms with Crippen LogP contribution in [0.4, 0.5) is 5.69 Å². The molecule has 0 bridgehead atoms. The third-order valence-corrected chi connectivity index (χ3v) is 3.97. The Bertz CT molecular complexity index is 618. The fraction of sp³-hybridized carbons (Fsp3) is 0.467. The highest BCUT2D eigenvalue weighted by molar-refractivity contribution is 5.78. The topological polar surface area (TPSA) is 110 Å². The first-order chi connectivity index (χ1) is 10.9. The molecule has 0 aliphatic carbocycles. The molecule has 1 aromatic rings. The van der Waals surface area contributed by atoms with Crippen molar-refractivity contribution in [2.45, 2.75) is 13.3 Å². The van der Waals surface area contributed by atoms with Crippen LogP contribution >= 0.6 is 0 Å². The zero-order valence-corrected chi connectivity index (χ0v) is 12.7. The van der Waals surface area contributed by atoms with Gasteiger partial charge in [-0.05, 0) is 18.4 Å². The van der Waals surface area contributed by atoms with E-state index in [-0.39, 0.29) is 29.9 Å². The second-order valence-corrected chi connectivity index (χ2v) is 5.59. The zero-order chi connectivity index (χ0) is 17.0. The summed E-state index contributed by atoms with van der Waals surface area (Å²) < 4.78 is 5.31. The number of nitro benzene ring substituents is 1. The molecule has 1 saturated heterocycles. The van der Waals surface area contributed by atoms with Crippen molar-refractivity contribution in [3.63, 3.8) is 0 Å². The molecule has 1 heterocycles. The number of carbonyl (C=O) groups is 2. The number of hydrogen-bond donors (Lipinski definition) is 1. The lowest BCUT2D eigenvalue weighted by atomic mass is 9.87. The van der Waals surface area contributed by atoms with Crippen LogP contribution in [0.3, 0.4) is 0 Å². The number of nitrogens with zero attached hydrogens (tertiary/aromatic N) is 2. The summed E-state index contributed by atoms with van der Waals surface area (Å²) in [6.45, 7) is 2.32. The average molecular weight is 322 g/mol. The molecule has 8 heteroatoms. The molecule has 0 radical (unpaired) electrons.